The molecule has 0 aliphatic carbocycles. The van der Waals surface area contributed by atoms with Crippen molar-refractivity contribution in [3.05, 3.63) is 15.9 Å². The van der Waals surface area contributed by atoms with Crippen LogP contribution in [0.25, 0.3) is 0 Å². The van der Waals surface area contributed by atoms with Crippen LogP contribution in [0.1, 0.15) is 6.92 Å². The molecule has 5 nitrogen and oxygen atoms in total. The second kappa shape index (κ2) is 4.60. The zero-order chi connectivity index (χ0) is 11.6. The molecule has 0 fully saturated rings. The molecule has 1 atom stereocenters. The van der Waals surface area contributed by atoms with Crippen LogP contribution in [-0.4, -0.2) is 25.5 Å². The fourth-order valence-electron chi connectivity index (χ4n) is 0.808. The molecule has 0 amide bonds. The predicted molar refractivity (Wildman–Crippen MR) is 59.4 cm³/mol. The Morgan fingerprint density at radius 1 is 1.67 bits per heavy atom. The van der Waals surface area contributed by atoms with Gasteiger partial charge >= 0.3 is 5.97 Å². The Balaban J connectivity index is 2.96. The zero-order valence-corrected chi connectivity index (χ0v) is 10.8. The molecule has 0 aromatic carbocycles. The van der Waals surface area contributed by atoms with Gasteiger partial charge in [0.25, 0.3) is 10.0 Å². The molecule has 84 valence electrons. The quantitative estimate of drug-likeness (QED) is 0.876. The lowest BCUT2D eigenvalue weighted by molar-refractivity contribution is -0.138. The van der Waals surface area contributed by atoms with E-state index in [1.807, 2.05) is 0 Å². The van der Waals surface area contributed by atoms with Crippen LogP contribution in [0.2, 0.25) is 0 Å². The van der Waals surface area contributed by atoms with Crippen LogP contribution in [0.4, 0.5) is 0 Å². The van der Waals surface area contributed by atoms with E-state index in [9.17, 15) is 13.2 Å². The van der Waals surface area contributed by atoms with Crippen LogP contribution >= 0.6 is 27.3 Å². The molecule has 8 heteroatoms. The third-order valence-corrected chi connectivity index (χ3v) is 5.74. The summed E-state index contributed by atoms with van der Waals surface area (Å²) < 4.78 is 25.8. The Kier molecular flexibility index (Phi) is 3.87. The average Bonchev–Trinajstić information content (AvgIpc) is 2.50. The Labute approximate surface area is 99.3 Å². The summed E-state index contributed by atoms with van der Waals surface area (Å²) >= 11 is 4.09. The number of nitrogens with one attached hydrogen (secondary N) is 1. The van der Waals surface area contributed by atoms with Crippen molar-refractivity contribution >= 4 is 43.3 Å². The molecule has 0 bridgehead atoms. The van der Waals surface area contributed by atoms with Crippen molar-refractivity contribution in [1.82, 2.24) is 4.72 Å². The van der Waals surface area contributed by atoms with Crippen molar-refractivity contribution in [3.8, 4) is 0 Å². The predicted octanol–water partition coefficient (Wildman–Crippen LogP) is 1.26. The molecule has 1 rings (SSSR count). The van der Waals surface area contributed by atoms with Gasteiger partial charge in [0, 0.05) is 4.47 Å². The third kappa shape index (κ3) is 3.00. The lowest BCUT2D eigenvalue weighted by atomic mass is 10.4. The van der Waals surface area contributed by atoms with Gasteiger partial charge in [-0.3, -0.25) is 4.79 Å². The first-order chi connectivity index (χ1) is 6.84. The van der Waals surface area contributed by atoms with Crippen molar-refractivity contribution in [2.24, 2.45) is 0 Å². The minimum Gasteiger partial charge on any atom is -0.480 e. The van der Waals surface area contributed by atoms with Gasteiger partial charge in [-0.15, -0.1) is 11.3 Å². The highest BCUT2D eigenvalue weighted by molar-refractivity contribution is 9.10. The van der Waals surface area contributed by atoms with Crippen LogP contribution in [-0.2, 0) is 14.8 Å². The van der Waals surface area contributed by atoms with Crippen LogP contribution in [0.15, 0.2) is 20.1 Å². The summed E-state index contributed by atoms with van der Waals surface area (Å²) in [5.74, 6) is -1.22. The molecule has 0 aliphatic rings. The van der Waals surface area contributed by atoms with Gasteiger partial charge in [0.05, 0.1) is 0 Å². The topological polar surface area (TPSA) is 83.5 Å². The average molecular weight is 314 g/mol. The number of aliphatic carboxylic acids is 1. The Hall–Kier alpha value is -0.440. The van der Waals surface area contributed by atoms with Crippen molar-refractivity contribution in [1.29, 1.82) is 0 Å². The second-order valence-electron chi connectivity index (χ2n) is 2.74. The summed E-state index contributed by atoms with van der Waals surface area (Å²) in [5, 5.41) is 10.2. The molecule has 0 radical (unpaired) electrons. The van der Waals surface area contributed by atoms with Gasteiger partial charge in [0.2, 0.25) is 0 Å². The highest BCUT2D eigenvalue weighted by Crippen LogP contribution is 2.27. The second-order valence-corrected chi connectivity index (χ2v) is 6.42. The van der Waals surface area contributed by atoms with E-state index in [0.29, 0.717) is 4.47 Å². The van der Waals surface area contributed by atoms with Crippen molar-refractivity contribution in [2.75, 3.05) is 0 Å². The van der Waals surface area contributed by atoms with Gasteiger partial charge in [-0.25, -0.2) is 8.42 Å². The van der Waals surface area contributed by atoms with Gasteiger partial charge < -0.3 is 5.11 Å². The van der Waals surface area contributed by atoms with E-state index in [4.69, 9.17) is 5.11 Å². The minimum atomic E-state index is -3.75. The summed E-state index contributed by atoms with van der Waals surface area (Å²) in [6.07, 6.45) is 0. The molecule has 0 saturated carbocycles. The fraction of sp³-hybridized carbons (Fsp3) is 0.286. The molecule has 15 heavy (non-hydrogen) atoms. The van der Waals surface area contributed by atoms with E-state index in [1.165, 1.54) is 6.92 Å². The zero-order valence-electron chi connectivity index (χ0n) is 7.60. The molecule has 1 aromatic heterocycles. The minimum absolute atomic E-state index is 0.0793. The van der Waals surface area contributed by atoms with E-state index >= 15 is 0 Å². The molecular formula is C7H8BrNO4S2. The number of rotatable bonds is 4. The highest BCUT2D eigenvalue weighted by atomic mass is 79.9. The van der Waals surface area contributed by atoms with Crippen molar-refractivity contribution in [3.63, 3.8) is 0 Å². The number of thiophene rings is 1. The first kappa shape index (κ1) is 12.6. The molecule has 0 aliphatic heterocycles. The first-order valence-corrected chi connectivity index (χ1v) is 6.98. The smallest absolute Gasteiger partial charge is 0.321 e. The summed E-state index contributed by atoms with van der Waals surface area (Å²) in [6.45, 7) is 1.27. The highest BCUT2D eigenvalue weighted by Gasteiger charge is 2.24. The molecule has 0 spiro atoms. The lowest BCUT2D eigenvalue weighted by Gasteiger charge is -2.08. The van der Waals surface area contributed by atoms with Crippen LogP contribution < -0.4 is 4.72 Å². The van der Waals surface area contributed by atoms with Gasteiger partial charge in [-0.05, 0) is 34.3 Å². The van der Waals surface area contributed by atoms with Gasteiger partial charge in [0.1, 0.15) is 10.3 Å². The molecule has 1 heterocycles. The molecule has 2 N–H and O–H groups in total. The largest absolute Gasteiger partial charge is 0.480 e. The summed E-state index contributed by atoms with van der Waals surface area (Å²) in [5.41, 5.74) is 0. The molecule has 1 aromatic rings. The molecular weight excluding hydrogens is 306 g/mol. The number of sulfonamides is 1. The number of carbonyl (C=O) groups is 1. The summed E-state index contributed by atoms with van der Waals surface area (Å²) in [7, 11) is -3.75. The number of hydrogen-bond acceptors (Lipinski definition) is 4. The number of carboxylic acids is 1. The first-order valence-electron chi connectivity index (χ1n) is 3.82. The van der Waals surface area contributed by atoms with E-state index in [2.05, 4.69) is 20.7 Å². The van der Waals surface area contributed by atoms with Gasteiger partial charge in [-0.2, -0.15) is 4.72 Å². The number of hydrogen-bond donors (Lipinski definition) is 2. The van der Waals surface area contributed by atoms with Gasteiger partial charge in [0.15, 0.2) is 0 Å². The maximum atomic E-state index is 11.6. The maximum absolute atomic E-state index is 11.6. The van der Waals surface area contributed by atoms with Crippen LogP contribution in [0.3, 0.4) is 0 Å². The Bertz CT molecular complexity index is 467. The lowest BCUT2D eigenvalue weighted by Crippen LogP contribution is -2.38. The Morgan fingerprint density at radius 3 is 2.67 bits per heavy atom. The van der Waals surface area contributed by atoms with Crippen molar-refractivity contribution in [2.45, 2.75) is 17.2 Å². The SMILES string of the molecule is CC(NS(=O)(=O)c1sccc1Br)C(=O)O. The summed E-state index contributed by atoms with van der Waals surface area (Å²) in [4.78, 5) is 10.5. The normalized spacial score (nSPS) is 13.7. The number of carboxylic acid groups (broad SMARTS) is 1. The van der Waals surface area contributed by atoms with E-state index in [1.54, 1.807) is 11.4 Å². The summed E-state index contributed by atoms with van der Waals surface area (Å²) in [6, 6.07) is 0.439. The van der Waals surface area contributed by atoms with Gasteiger partial charge in [-0.1, -0.05) is 0 Å². The maximum Gasteiger partial charge on any atom is 0.321 e. The monoisotopic (exact) mass is 313 g/mol. The molecule has 0 saturated heterocycles. The Morgan fingerprint density at radius 2 is 2.27 bits per heavy atom. The standard InChI is InChI=1S/C7H8BrNO4S2/c1-4(6(10)11)9-15(12,13)7-5(8)2-3-14-7/h2-4,9H,1H3,(H,10,11). The van der Waals surface area contributed by atoms with E-state index < -0.39 is 22.0 Å². The van der Waals surface area contributed by atoms with E-state index in [-0.39, 0.29) is 4.21 Å². The van der Waals surface area contributed by atoms with Crippen LogP contribution in [0.5, 0.6) is 0 Å². The molecule has 1 unspecified atom stereocenters. The number of halogens is 1. The van der Waals surface area contributed by atoms with Crippen LogP contribution in [0, 0.1) is 0 Å². The van der Waals surface area contributed by atoms with E-state index in [0.717, 1.165) is 11.3 Å². The third-order valence-electron chi connectivity index (χ3n) is 1.53. The van der Waals surface area contributed by atoms with Crippen molar-refractivity contribution < 1.29 is 18.3 Å². The fourth-order valence-corrected chi connectivity index (χ4v) is 4.36.